The van der Waals surface area contributed by atoms with Gasteiger partial charge in [-0.15, -0.1) is 0 Å². The molecule has 0 radical (unpaired) electrons. The van der Waals surface area contributed by atoms with Crippen LogP contribution in [0.2, 0.25) is 0 Å². The van der Waals surface area contributed by atoms with Crippen LogP contribution in [0.25, 0.3) is 0 Å². The van der Waals surface area contributed by atoms with Gasteiger partial charge in [0.25, 0.3) is 0 Å². The largest absolute Gasteiger partial charge is 0.493 e. The van der Waals surface area contributed by atoms with Gasteiger partial charge in [0, 0.05) is 13.2 Å². The van der Waals surface area contributed by atoms with E-state index in [9.17, 15) is 4.79 Å². The van der Waals surface area contributed by atoms with Gasteiger partial charge in [0.05, 0.1) is 26.4 Å². The molecule has 1 heterocycles. The van der Waals surface area contributed by atoms with Gasteiger partial charge in [-0.2, -0.15) is 0 Å². The summed E-state index contributed by atoms with van der Waals surface area (Å²) in [7, 11) is 1.60. The van der Waals surface area contributed by atoms with Crippen LogP contribution in [0.15, 0.2) is 18.2 Å². The highest BCUT2D eigenvalue weighted by molar-refractivity contribution is 5.80. The third-order valence-electron chi connectivity index (χ3n) is 4.17. The molecule has 140 valence electrons. The molecule has 0 bridgehead atoms. The van der Waals surface area contributed by atoms with E-state index in [0.717, 1.165) is 31.4 Å². The Kier molecular flexibility index (Phi) is 8.01. The molecule has 1 saturated heterocycles. The van der Waals surface area contributed by atoms with Gasteiger partial charge in [0.15, 0.2) is 11.5 Å². The maximum absolute atomic E-state index is 12.2. The van der Waals surface area contributed by atoms with Gasteiger partial charge >= 0.3 is 0 Å². The van der Waals surface area contributed by atoms with Crippen LogP contribution in [0.4, 0.5) is 0 Å². The fraction of sp³-hybridized carbons (Fsp3) is 0.632. The van der Waals surface area contributed by atoms with Gasteiger partial charge in [0.1, 0.15) is 6.10 Å². The van der Waals surface area contributed by atoms with Gasteiger partial charge in [-0.1, -0.05) is 6.07 Å². The molecule has 6 heteroatoms. The molecule has 1 aromatic rings. The summed E-state index contributed by atoms with van der Waals surface area (Å²) in [6.45, 7) is 5.92. The van der Waals surface area contributed by atoms with Crippen molar-refractivity contribution in [2.24, 2.45) is 0 Å². The predicted molar refractivity (Wildman–Crippen MR) is 95.0 cm³/mol. The van der Waals surface area contributed by atoms with Crippen LogP contribution >= 0.6 is 0 Å². The molecule has 2 atom stereocenters. The lowest BCUT2D eigenvalue weighted by Crippen LogP contribution is -2.36. The van der Waals surface area contributed by atoms with Gasteiger partial charge in [0.2, 0.25) is 5.91 Å². The third kappa shape index (κ3) is 6.21. The number of hydrogen-bond donors (Lipinski definition) is 1. The Hall–Kier alpha value is -1.79. The van der Waals surface area contributed by atoms with E-state index >= 15 is 0 Å². The lowest BCUT2D eigenvalue weighted by molar-refractivity contribution is -0.135. The molecule has 0 aliphatic carbocycles. The van der Waals surface area contributed by atoms with Crippen molar-refractivity contribution in [2.45, 2.75) is 51.9 Å². The summed E-state index contributed by atoms with van der Waals surface area (Å²) in [5.41, 5.74) is 0.941. The molecule has 1 aliphatic heterocycles. The number of ether oxygens (including phenoxy) is 4. The van der Waals surface area contributed by atoms with Gasteiger partial charge in [-0.3, -0.25) is 4.79 Å². The predicted octanol–water partition coefficient (Wildman–Crippen LogP) is 2.68. The minimum absolute atomic E-state index is 0.111. The van der Waals surface area contributed by atoms with E-state index in [1.54, 1.807) is 14.0 Å². The van der Waals surface area contributed by atoms with Crippen molar-refractivity contribution in [1.82, 2.24) is 5.32 Å². The normalized spacial score (nSPS) is 18.4. The molecule has 0 spiro atoms. The second-order valence-electron chi connectivity index (χ2n) is 6.10. The smallest absolute Gasteiger partial charge is 0.249 e. The van der Waals surface area contributed by atoms with E-state index in [4.69, 9.17) is 18.9 Å². The van der Waals surface area contributed by atoms with Crippen LogP contribution < -0.4 is 14.8 Å². The van der Waals surface area contributed by atoms with E-state index in [-0.39, 0.29) is 12.0 Å². The summed E-state index contributed by atoms with van der Waals surface area (Å²) in [4.78, 5) is 12.2. The number of rotatable bonds is 9. The van der Waals surface area contributed by atoms with E-state index in [1.807, 2.05) is 25.1 Å². The number of hydrogen-bond acceptors (Lipinski definition) is 5. The summed E-state index contributed by atoms with van der Waals surface area (Å²) < 4.78 is 22.1. The van der Waals surface area contributed by atoms with Crippen molar-refractivity contribution >= 4 is 5.91 Å². The van der Waals surface area contributed by atoms with Crippen molar-refractivity contribution in [3.05, 3.63) is 23.8 Å². The highest BCUT2D eigenvalue weighted by Gasteiger charge is 2.18. The van der Waals surface area contributed by atoms with E-state index in [1.165, 1.54) is 0 Å². The Bertz CT molecular complexity index is 543. The quantitative estimate of drug-likeness (QED) is 0.741. The molecule has 1 fully saturated rings. The molecule has 1 aliphatic rings. The molecule has 2 unspecified atom stereocenters. The fourth-order valence-corrected chi connectivity index (χ4v) is 2.70. The van der Waals surface area contributed by atoms with E-state index in [0.29, 0.717) is 31.3 Å². The number of carbonyl (C=O) groups is 1. The lowest BCUT2D eigenvalue weighted by atomic mass is 10.1. The first-order valence-electron chi connectivity index (χ1n) is 8.94. The minimum atomic E-state index is -0.505. The molecular weight excluding hydrogens is 322 g/mol. The van der Waals surface area contributed by atoms with Crippen LogP contribution in [0.1, 0.15) is 38.7 Å². The molecular formula is C19H29NO5. The number of carbonyl (C=O) groups excluding carboxylic acids is 1. The SMILES string of the molecule is CCOc1ccc(CNC(=O)C(C)OCC2CCCCO2)cc1OC. The van der Waals surface area contributed by atoms with Crippen molar-refractivity contribution in [3.63, 3.8) is 0 Å². The van der Waals surface area contributed by atoms with Crippen molar-refractivity contribution < 1.29 is 23.7 Å². The summed E-state index contributed by atoms with van der Waals surface area (Å²) in [5.74, 6) is 1.22. The second kappa shape index (κ2) is 10.3. The Morgan fingerprint density at radius 1 is 1.36 bits per heavy atom. The van der Waals surface area contributed by atoms with Crippen LogP contribution in [-0.2, 0) is 20.8 Å². The van der Waals surface area contributed by atoms with Crippen molar-refractivity contribution in [1.29, 1.82) is 0 Å². The highest BCUT2D eigenvalue weighted by atomic mass is 16.5. The maximum atomic E-state index is 12.2. The number of methoxy groups -OCH3 is 1. The fourth-order valence-electron chi connectivity index (χ4n) is 2.70. The lowest BCUT2D eigenvalue weighted by Gasteiger charge is -2.24. The second-order valence-corrected chi connectivity index (χ2v) is 6.10. The molecule has 6 nitrogen and oxygen atoms in total. The van der Waals surface area contributed by atoms with E-state index < -0.39 is 6.10 Å². The summed E-state index contributed by atoms with van der Waals surface area (Å²) in [5, 5.41) is 2.89. The van der Waals surface area contributed by atoms with Crippen LogP contribution in [0, 0.1) is 0 Å². The summed E-state index contributed by atoms with van der Waals surface area (Å²) >= 11 is 0. The Morgan fingerprint density at radius 2 is 2.20 bits per heavy atom. The van der Waals surface area contributed by atoms with Gasteiger partial charge in [-0.25, -0.2) is 0 Å². The standard InChI is InChI=1S/C19H29NO5/c1-4-23-17-9-8-15(11-18(17)22-3)12-20-19(21)14(2)25-13-16-7-5-6-10-24-16/h8-9,11,14,16H,4-7,10,12-13H2,1-3H3,(H,20,21). The summed E-state index contributed by atoms with van der Waals surface area (Å²) in [6.07, 6.45) is 2.88. The zero-order chi connectivity index (χ0) is 18.1. The topological polar surface area (TPSA) is 66.0 Å². The Labute approximate surface area is 149 Å². The van der Waals surface area contributed by atoms with Crippen LogP contribution in [-0.4, -0.2) is 45.0 Å². The number of benzene rings is 1. The summed E-state index contributed by atoms with van der Waals surface area (Å²) in [6, 6.07) is 5.63. The molecule has 1 N–H and O–H groups in total. The van der Waals surface area contributed by atoms with Gasteiger partial charge < -0.3 is 24.3 Å². The average Bonchev–Trinajstić information content (AvgIpc) is 2.66. The zero-order valence-electron chi connectivity index (χ0n) is 15.4. The monoisotopic (exact) mass is 351 g/mol. The zero-order valence-corrected chi connectivity index (χ0v) is 15.4. The molecule has 2 rings (SSSR count). The third-order valence-corrected chi connectivity index (χ3v) is 4.17. The van der Waals surface area contributed by atoms with Crippen molar-refractivity contribution in [2.75, 3.05) is 26.9 Å². The molecule has 1 amide bonds. The average molecular weight is 351 g/mol. The maximum Gasteiger partial charge on any atom is 0.249 e. The minimum Gasteiger partial charge on any atom is -0.493 e. The first-order chi connectivity index (χ1) is 12.1. The molecule has 0 saturated carbocycles. The number of nitrogens with one attached hydrogen (secondary N) is 1. The van der Waals surface area contributed by atoms with Gasteiger partial charge in [-0.05, 0) is 50.8 Å². The first-order valence-corrected chi connectivity index (χ1v) is 8.94. The Balaban J connectivity index is 1.78. The Morgan fingerprint density at radius 3 is 2.88 bits per heavy atom. The highest BCUT2D eigenvalue weighted by Crippen LogP contribution is 2.27. The molecule has 0 aromatic heterocycles. The number of amides is 1. The van der Waals surface area contributed by atoms with Crippen molar-refractivity contribution in [3.8, 4) is 11.5 Å². The molecule has 1 aromatic carbocycles. The van der Waals surface area contributed by atoms with Crippen LogP contribution in [0.3, 0.4) is 0 Å². The van der Waals surface area contributed by atoms with E-state index in [2.05, 4.69) is 5.32 Å². The van der Waals surface area contributed by atoms with Crippen LogP contribution in [0.5, 0.6) is 11.5 Å². The first kappa shape index (κ1) is 19.5. The molecule has 25 heavy (non-hydrogen) atoms.